The van der Waals surface area contributed by atoms with Crippen LogP contribution in [-0.2, 0) is 9.59 Å². The number of hydrogen-bond acceptors (Lipinski definition) is 7. The molecule has 186 valence electrons. The number of halogens is 1. The first-order valence-corrected chi connectivity index (χ1v) is 12.5. The molecule has 1 saturated heterocycles. The summed E-state index contributed by atoms with van der Waals surface area (Å²) in [6.45, 7) is 4.68. The molecule has 37 heavy (non-hydrogen) atoms. The number of aliphatic hydroxyl groups is 1. The maximum absolute atomic E-state index is 13.8. The van der Waals surface area contributed by atoms with Crippen LogP contribution in [0.1, 0.15) is 28.3 Å². The second kappa shape index (κ2) is 8.70. The summed E-state index contributed by atoms with van der Waals surface area (Å²) in [6, 6.07) is 13.3. The zero-order valence-electron chi connectivity index (χ0n) is 19.9. The molecule has 2 aliphatic rings. The summed E-state index contributed by atoms with van der Waals surface area (Å²) >= 11 is 1.29. The number of fused-ring (bicyclic) bond motifs is 2. The molecule has 0 aliphatic carbocycles. The molecule has 0 spiro atoms. The van der Waals surface area contributed by atoms with Gasteiger partial charge >= 0.3 is 5.91 Å². The molecule has 0 radical (unpaired) electrons. The maximum Gasteiger partial charge on any atom is 0.301 e. The molecular weight excluding hydrogens is 495 g/mol. The number of nitrogens with zero attached hydrogens (tertiary/aromatic N) is 2. The van der Waals surface area contributed by atoms with E-state index in [1.165, 1.54) is 40.5 Å². The van der Waals surface area contributed by atoms with Crippen LogP contribution in [0.4, 0.5) is 9.52 Å². The van der Waals surface area contributed by atoms with Gasteiger partial charge < -0.3 is 14.6 Å². The van der Waals surface area contributed by atoms with Gasteiger partial charge in [-0.25, -0.2) is 9.37 Å². The molecule has 7 nitrogen and oxygen atoms in total. The minimum atomic E-state index is -1.00. The van der Waals surface area contributed by atoms with Gasteiger partial charge in [-0.1, -0.05) is 29.5 Å². The fourth-order valence-corrected chi connectivity index (χ4v) is 5.97. The first-order valence-electron chi connectivity index (χ1n) is 11.7. The summed E-state index contributed by atoms with van der Waals surface area (Å²) in [6.07, 6.45) is 0. The molecule has 1 N–H and O–H groups in total. The Morgan fingerprint density at radius 1 is 1.03 bits per heavy atom. The molecule has 0 bridgehead atoms. The van der Waals surface area contributed by atoms with Gasteiger partial charge in [0.15, 0.2) is 16.6 Å². The first-order chi connectivity index (χ1) is 17.8. The van der Waals surface area contributed by atoms with Gasteiger partial charge in [-0.05, 0) is 66.9 Å². The summed E-state index contributed by atoms with van der Waals surface area (Å²) in [4.78, 5) is 32.8. The lowest BCUT2D eigenvalue weighted by Gasteiger charge is -2.23. The number of carbonyl (C=O) groups is 2. The zero-order chi connectivity index (χ0) is 25.8. The Kier molecular flexibility index (Phi) is 5.45. The molecule has 2 aliphatic heterocycles. The van der Waals surface area contributed by atoms with Gasteiger partial charge in [0.05, 0.1) is 21.8 Å². The van der Waals surface area contributed by atoms with Crippen LogP contribution in [-0.4, -0.2) is 35.0 Å². The monoisotopic (exact) mass is 516 g/mol. The Labute approximate surface area is 215 Å². The summed E-state index contributed by atoms with van der Waals surface area (Å²) < 4.78 is 25.9. The van der Waals surface area contributed by atoms with Crippen molar-refractivity contribution in [2.75, 3.05) is 18.1 Å². The lowest BCUT2D eigenvalue weighted by atomic mass is 9.95. The van der Waals surface area contributed by atoms with Crippen LogP contribution in [0.15, 0.2) is 60.2 Å². The fourth-order valence-electron chi connectivity index (χ4n) is 4.80. The SMILES string of the molecule is Cc1cc(C)c2nc(N3C(=O)C(=O)C(=C(O)c4ccc5c(c4)OCCO5)C3c3ccc(F)cc3)sc2c1. The number of amides is 1. The van der Waals surface area contributed by atoms with Crippen molar-refractivity contribution in [3.05, 3.63) is 88.2 Å². The number of hydrogen-bond donors (Lipinski definition) is 1. The van der Waals surface area contributed by atoms with E-state index in [0.717, 1.165) is 21.3 Å². The second-order valence-corrected chi connectivity index (χ2v) is 10.0. The van der Waals surface area contributed by atoms with Crippen molar-refractivity contribution in [2.45, 2.75) is 19.9 Å². The Morgan fingerprint density at radius 2 is 1.76 bits per heavy atom. The van der Waals surface area contributed by atoms with E-state index < -0.39 is 23.5 Å². The smallest absolute Gasteiger partial charge is 0.301 e. The van der Waals surface area contributed by atoms with Crippen LogP contribution in [0.25, 0.3) is 16.0 Å². The van der Waals surface area contributed by atoms with Crippen molar-refractivity contribution < 1.29 is 28.6 Å². The predicted molar refractivity (Wildman–Crippen MR) is 138 cm³/mol. The maximum atomic E-state index is 13.8. The molecule has 0 saturated carbocycles. The third-order valence-corrected chi connectivity index (χ3v) is 7.47. The van der Waals surface area contributed by atoms with E-state index in [9.17, 15) is 19.1 Å². The van der Waals surface area contributed by atoms with Crippen LogP contribution in [0.2, 0.25) is 0 Å². The molecule has 1 amide bonds. The summed E-state index contributed by atoms with van der Waals surface area (Å²) in [5, 5.41) is 11.7. The van der Waals surface area contributed by atoms with Crippen molar-refractivity contribution >= 4 is 44.1 Å². The number of Topliss-reactive ketones (excluding diaryl/α,β-unsaturated/α-hetero) is 1. The largest absolute Gasteiger partial charge is 0.507 e. The van der Waals surface area contributed by atoms with Crippen molar-refractivity contribution in [1.29, 1.82) is 0 Å². The number of aromatic nitrogens is 1. The highest BCUT2D eigenvalue weighted by Crippen LogP contribution is 2.45. The van der Waals surface area contributed by atoms with Crippen molar-refractivity contribution in [1.82, 2.24) is 4.98 Å². The van der Waals surface area contributed by atoms with E-state index >= 15 is 0 Å². The average Bonchev–Trinajstić information content (AvgIpc) is 3.42. The van der Waals surface area contributed by atoms with Gasteiger partial charge in [0, 0.05) is 5.56 Å². The van der Waals surface area contributed by atoms with Gasteiger partial charge in [0.1, 0.15) is 24.8 Å². The van der Waals surface area contributed by atoms with E-state index in [2.05, 4.69) is 0 Å². The fraction of sp³-hybridized carbons (Fsp3) is 0.179. The highest BCUT2D eigenvalue weighted by molar-refractivity contribution is 7.22. The highest BCUT2D eigenvalue weighted by Gasteiger charge is 2.48. The van der Waals surface area contributed by atoms with E-state index in [-0.39, 0.29) is 11.3 Å². The van der Waals surface area contributed by atoms with Gasteiger partial charge in [-0.3, -0.25) is 14.5 Å². The minimum absolute atomic E-state index is 0.111. The van der Waals surface area contributed by atoms with E-state index in [1.54, 1.807) is 18.2 Å². The lowest BCUT2D eigenvalue weighted by molar-refractivity contribution is -0.132. The molecule has 3 aromatic carbocycles. The van der Waals surface area contributed by atoms with Crippen LogP contribution in [0.5, 0.6) is 11.5 Å². The summed E-state index contributed by atoms with van der Waals surface area (Å²) in [5.74, 6) is -1.53. The number of benzene rings is 3. The molecule has 1 fully saturated rings. The van der Waals surface area contributed by atoms with Crippen molar-refractivity contribution in [2.24, 2.45) is 0 Å². The molecule has 4 aromatic rings. The number of aliphatic hydroxyl groups excluding tert-OH is 1. The van der Waals surface area contributed by atoms with Gasteiger partial charge in [-0.15, -0.1) is 0 Å². The molecular formula is C28H21FN2O5S. The Morgan fingerprint density at radius 3 is 2.51 bits per heavy atom. The number of aryl methyl sites for hydroxylation is 2. The van der Waals surface area contributed by atoms with Crippen molar-refractivity contribution in [3.63, 3.8) is 0 Å². The zero-order valence-corrected chi connectivity index (χ0v) is 20.8. The molecule has 9 heteroatoms. The Balaban J connectivity index is 1.55. The van der Waals surface area contributed by atoms with Crippen LogP contribution in [0.3, 0.4) is 0 Å². The normalized spacial score (nSPS) is 18.6. The predicted octanol–water partition coefficient (Wildman–Crippen LogP) is 5.45. The number of rotatable bonds is 3. The average molecular weight is 517 g/mol. The quantitative estimate of drug-likeness (QED) is 0.221. The molecule has 1 unspecified atom stereocenters. The van der Waals surface area contributed by atoms with E-state index in [0.29, 0.717) is 41.0 Å². The van der Waals surface area contributed by atoms with Crippen LogP contribution >= 0.6 is 11.3 Å². The number of thiazole rings is 1. The minimum Gasteiger partial charge on any atom is -0.507 e. The standard InChI is InChI=1S/C28H21FN2O5S/c1-14-11-15(2)23-21(12-14)37-28(30-23)31-24(16-3-6-18(29)7-4-16)22(26(33)27(31)34)25(32)17-5-8-19-20(13-17)36-10-9-35-19/h3-8,11-13,24,32H,9-10H2,1-2H3. The first kappa shape index (κ1) is 23.2. The Hall–Kier alpha value is -4.24. The number of ketones is 1. The van der Waals surface area contributed by atoms with Gasteiger partial charge in [0.2, 0.25) is 0 Å². The van der Waals surface area contributed by atoms with Crippen molar-refractivity contribution in [3.8, 4) is 11.5 Å². The molecule has 1 aromatic heterocycles. The molecule has 6 rings (SSSR count). The lowest BCUT2D eigenvalue weighted by Crippen LogP contribution is -2.29. The van der Waals surface area contributed by atoms with E-state index in [4.69, 9.17) is 14.5 Å². The van der Waals surface area contributed by atoms with Gasteiger partial charge in [-0.2, -0.15) is 0 Å². The summed E-state index contributed by atoms with van der Waals surface area (Å²) in [5.41, 5.74) is 3.38. The number of anilines is 1. The summed E-state index contributed by atoms with van der Waals surface area (Å²) in [7, 11) is 0. The number of ether oxygens (including phenoxy) is 2. The number of carbonyl (C=O) groups excluding carboxylic acids is 2. The van der Waals surface area contributed by atoms with Crippen LogP contribution < -0.4 is 14.4 Å². The topological polar surface area (TPSA) is 89.0 Å². The molecule has 3 heterocycles. The van der Waals surface area contributed by atoms with Crippen LogP contribution in [0, 0.1) is 19.7 Å². The third kappa shape index (κ3) is 3.82. The Bertz CT molecular complexity index is 1630. The highest BCUT2D eigenvalue weighted by atomic mass is 32.1. The van der Waals surface area contributed by atoms with E-state index in [1.807, 2.05) is 26.0 Å². The third-order valence-electron chi connectivity index (χ3n) is 6.47. The second-order valence-electron chi connectivity index (χ2n) is 9.00. The van der Waals surface area contributed by atoms with Gasteiger partial charge in [0.25, 0.3) is 5.78 Å². The molecule has 1 atom stereocenters.